The van der Waals surface area contributed by atoms with Crippen LogP contribution in [-0.2, 0) is 4.74 Å². The van der Waals surface area contributed by atoms with Crippen molar-refractivity contribution in [2.45, 2.75) is 57.7 Å². The summed E-state index contributed by atoms with van der Waals surface area (Å²) in [5, 5.41) is 15.4. The first-order valence-corrected chi connectivity index (χ1v) is 17.1. The fourth-order valence-electron chi connectivity index (χ4n) is 7.58. The number of ether oxygens (including phenoxy) is 3. The number of benzene rings is 2. The summed E-state index contributed by atoms with van der Waals surface area (Å²) in [5.41, 5.74) is -0.152. The number of nitrogens with zero attached hydrogens (tertiary/aromatic N) is 5. The average molecular weight is 671 g/mol. The van der Waals surface area contributed by atoms with E-state index in [0.29, 0.717) is 36.3 Å². The molecule has 2 bridgehead atoms. The Balaban J connectivity index is 1.29. The van der Waals surface area contributed by atoms with Crippen molar-refractivity contribution in [3.05, 3.63) is 41.5 Å². The summed E-state index contributed by atoms with van der Waals surface area (Å²) in [7, 11) is 0. The van der Waals surface area contributed by atoms with E-state index < -0.39 is 11.6 Å². The van der Waals surface area contributed by atoms with Crippen LogP contribution in [0, 0.1) is 29.4 Å². The standard InChI is InChI=1S/C37H40F2N6O4/c1-4-26-28(38)8-5-22-15-25(46)16-27(29(22)26)32-31(39)33-30(35(41-32)49-21(2)3)34(45-17-23-6-7-24(18-45)40-23)43-36(42-33)48-20-37(9-10-37)19-44-11-13-47-14-12-44/h1,5,8,15-16,21,23-24,40,46H,6-7,9-14,17-20H2,2-3H3. The Morgan fingerprint density at radius 3 is 2.53 bits per heavy atom. The number of morpholine rings is 1. The number of halogens is 2. The Morgan fingerprint density at radius 2 is 1.84 bits per heavy atom. The van der Waals surface area contributed by atoms with E-state index in [0.717, 1.165) is 58.5 Å². The van der Waals surface area contributed by atoms with Gasteiger partial charge in [-0.25, -0.2) is 13.8 Å². The first-order chi connectivity index (χ1) is 23.7. The van der Waals surface area contributed by atoms with Gasteiger partial charge in [-0.15, -0.1) is 6.42 Å². The molecule has 49 heavy (non-hydrogen) atoms. The number of aromatic hydroxyl groups is 1. The van der Waals surface area contributed by atoms with E-state index in [1.807, 2.05) is 13.8 Å². The van der Waals surface area contributed by atoms with E-state index >= 15 is 8.78 Å². The van der Waals surface area contributed by atoms with Crippen molar-refractivity contribution in [1.29, 1.82) is 0 Å². The largest absolute Gasteiger partial charge is 0.508 e. The number of piperazine rings is 1. The normalized spacial score (nSPS) is 21.8. The molecule has 10 nitrogen and oxygen atoms in total. The number of terminal acetylenes is 1. The van der Waals surface area contributed by atoms with Gasteiger partial charge in [-0.3, -0.25) is 4.90 Å². The van der Waals surface area contributed by atoms with Gasteiger partial charge in [-0.05, 0) is 63.1 Å². The van der Waals surface area contributed by atoms with Gasteiger partial charge in [0.1, 0.15) is 34.0 Å². The van der Waals surface area contributed by atoms with E-state index in [1.165, 1.54) is 24.3 Å². The second kappa shape index (κ2) is 12.5. The lowest BCUT2D eigenvalue weighted by molar-refractivity contribution is 0.0231. The number of hydrogen-bond acceptors (Lipinski definition) is 10. The lowest BCUT2D eigenvalue weighted by Gasteiger charge is -2.34. The number of pyridine rings is 1. The minimum Gasteiger partial charge on any atom is -0.508 e. The molecule has 1 saturated carbocycles. The highest BCUT2D eigenvalue weighted by molar-refractivity contribution is 6.04. The van der Waals surface area contributed by atoms with Crippen LogP contribution in [0.1, 0.15) is 45.1 Å². The second-order valence-corrected chi connectivity index (χ2v) is 14.2. The van der Waals surface area contributed by atoms with Gasteiger partial charge in [-0.2, -0.15) is 9.97 Å². The van der Waals surface area contributed by atoms with E-state index in [2.05, 4.69) is 21.0 Å². The topological polar surface area (TPSA) is 105 Å². The SMILES string of the molecule is C#Cc1c(F)ccc2cc(O)cc(-c3nc(OC(C)C)c4c(N5CC6CCC(C5)N6)nc(OCC5(CN6CCOCC6)CC5)nc4c3F)c12. The molecule has 8 rings (SSSR count). The number of anilines is 1. The highest BCUT2D eigenvalue weighted by Crippen LogP contribution is 2.47. The predicted octanol–water partition coefficient (Wildman–Crippen LogP) is 5.03. The second-order valence-electron chi connectivity index (χ2n) is 14.2. The summed E-state index contributed by atoms with van der Waals surface area (Å²) in [5.74, 6) is 1.48. The van der Waals surface area contributed by atoms with Crippen LogP contribution >= 0.6 is 0 Å². The van der Waals surface area contributed by atoms with Gasteiger partial charge in [0.25, 0.3) is 0 Å². The van der Waals surface area contributed by atoms with Gasteiger partial charge in [0.05, 0.1) is 31.5 Å². The van der Waals surface area contributed by atoms with Crippen molar-refractivity contribution < 1.29 is 28.1 Å². The zero-order valence-electron chi connectivity index (χ0n) is 27.8. The van der Waals surface area contributed by atoms with Crippen LogP contribution in [0.5, 0.6) is 17.6 Å². The maximum atomic E-state index is 17.2. The summed E-state index contributed by atoms with van der Waals surface area (Å²) < 4.78 is 50.4. The van der Waals surface area contributed by atoms with Crippen molar-refractivity contribution in [3.63, 3.8) is 0 Å². The summed E-state index contributed by atoms with van der Waals surface area (Å²) in [6, 6.07) is 6.15. The number of fused-ring (bicyclic) bond motifs is 4. The summed E-state index contributed by atoms with van der Waals surface area (Å²) in [4.78, 5) is 18.9. The first-order valence-electron chi connectivity index (χ1n) is 17.1. The van der Waals surface area contributed by atoms with Gasteiger partial charge in [0, 0.05) is 61.2 Å². The van der Waals surface area contributed by atoms with Crippen LogP contribution in [-0.4, -0.2) is 95.7 Å². The molecule has 2 aromatic carbocycles. The van der Waals surface area contributed by atoms with Crippen LogP contribution in [0.4, 0.5) is 14.6 Å². The van der Waals surface area contributed by atoms with Crippen LogP contribution in [0.2, 0.25) is 0 Å². The van der Waals surface area contributed by atoms with E-state index in [1.54, 1.807) is 0 Å². The van der Waals surface area contributed by atoms with Crippen molar-refractivity contribution in [2.24, 2.45) is 5.41 Å². The summed E-state index contributed by atoms with van der Waals surface area (Å²) >= 11 is 0. The molecule has 0 spiro atoms. The van der Waals surface area contributed by atoms with Crippen molar-refractivity contribution in [2.75, 3.05) is 57.4 Å². The number of aromatic nitrogens is 3. The lowest BCUT2D eigenvalue weighted by atomic mass is 9.95. The zero-order valence-corrected chi connectivity index (χ0v) is 27.8. The maximum Gasteiger partial charge on any atom is 0.319 e. The van der Waals surface area contributed by atoms with Crippen LogP contribution in [0.3, 0.4) is 0 Å². The van der Waals surface area contributed by atoms with E-state index in [-0.39, 0.29) is 69.0 Å². The lowest BCUT2D eigenvalue weighted by Crippen LogP contribution is -2.51. The molecule has 2 atom stereocenters. The Hall–Kier alpha value is -4.31. The van der Waals surface area contributed by atoms with Crippen molar-refractivity contribution in [1.82, 2.24) is 25.2 Å². The van der Waals surface area contributed by atoms with Crippen LogP contribution in [0.25, 0.3) is 32.9 Å². The molecule has 256 valence electrons. The molecule has 2 unspecified atom stereocenters. The molecular weight excluding hydrogens is 630 g/mol. The summed E-state index contributed by atoms with van der Waals surface area (Å²) in [6.45, 7) is 9.59. The smallest absolute Gasteiger partial charge is 0.319 e. The Bertz CT molecular complexity index is 1960. The molecule has 5 heterocycles. The Labute approximate surface area is 283 Å². The van der Waals surface area contributed by atoms with Gasteiger partial charge in [0.2, 0.25) is 5.88 Å². The third-order valence-corrected chi connectivity index (χ3v) is 10.2. The molecule has 2 N–H and O–H groups in total. The fourth-order valence-corrected chi connectivity index (χ4v) is 7.58. The molecule has 4 aromatic rings. The minimum atomic E-state index is -0.772. The molecule has 3 aliphatic heterocycles. The van der Waals surface area contributed by atoms with E-state index in [9.17, 15) is 5.11 Å². The van der Waals surface area contributed by atoms with Crippen molar-refractivity contribution >= 4 is 27.5 Å². The maximum absolute atomic E-state index is 17.2. The molecule has 3 saturated heterocycles. The molecular formula is C37H40F2N6O4. The van der Waals surface area contributed by atoms with Crippen molar-refractivity contribution in [3.8, 4) is 41.2 Å². The highest BCUT2D eigenvalue weighted by Gasteiger charge is 2.45. The monoisotopic (exact) mass is 670 g/mol. The Kier molecular flexibility index (Phi) is 8.17. The molecule has 2 aromatic heterocycles. The summed E-state index contributed by atoms with van der Waals surface area (Å²) in [6.07, 6.45) is 9.58. The number of rotatable bonds is 9. The molecule has 4 aliphatic rings. The number of phenolic OH excluding ortho intramolecular Hbond substituents is 1. The average Bonchev–Trinajstić information content (AvgIpc) is 3.77. The quantitative estimate of drug-likeness (QED) is 0.236. The highest BCUT2D eigenvalue weighted by atomic mass is 19.1. The Morgan fingerprint density at radius 1 is 1.08 bits per heavy atom. The number of hydrogen-bond donors (Lipinski definition) is 2. The third kappa shape index (κ3) is 6.09. The molecule has 0 amide bonds. The molecule has 4 fully saturated rings. The molecule has 1 aliphatic carbocycles. The van der Waals surface area contributed by atoms with Gasteiger partial charge in [0.15, 0.2) is 5.82 Å². The predicted molar refractivity (Wildman–Crippen MR) is 182 cm³/mol. The van der Waals surface area contributed by atoms with E-state index in [4.69, 9.17) is 35.6 Å². The molecule has 12 heteroatoms. The molecule has 0 radical (unpaired) electrons. The zero-order chi connectivity index (χ0) is 33.9. The first kappa shape index (κ1) is 31.9. The van der Waals surface area contributed by atoms with Gasteiger partial charge < -0.3 is 29.5 Å². The number of nitrogens with one attached hydrogen (secondary N) is 1. The third-order valence-electron chi connectivity index (χ3n) is 10.2. The fraction of sp³-hybridized carbons (Fsp3) is 0.486. The van der Waals surface area contributed by atoms with Crippen LogP contribution in [0.15, 0.2) is 24.3 Å². The van der Waals surface area contributed by atoms with Gasteiger partial charge in [-0.1, -0.05) is 12.0 Å². The van der Waals surface area contributed by atoms with Gasteiger partial charge >= 0.3 is 6.01 Å². The minimum absolute atomic E-state index is 0.0198. The van der Waals surface area contributed by atoms with Crippen LogP contribution < -0.4 is 19.7 Å². The number of phenols is 1.